The number of fused-ring (bicyclic) bond motifs is 1. The highest BCUT2D eigenvalue weighted by Gasteiger charge is 2.13. The Bertz CT molecular complexity index is 903. The zero-order valence-electron chi connectivity index (χ0n) is 11.8. The number of methoxy groups -OCH3 is 1. The highest BCUT2D eigenvalue weighted by atomic mass is 16.5. The third-order valence-corrected chi connectivity index (χ3v) is 3.25. The molecule has 0 fully saturated rings. The van der Waals surface area contributed by atoms with Crippen molar-refractivity contribution in [1.29, 1.82) is 0 Å². The summed E-state index contributed by atoms with van der Waals surface area (Å²) in [6.45, 7) is 0. The van der Waals surface area contributed by atoms with Crippen molar-refractivity contribution in [3.8, 4) is 5.75 Å². The van der Waals surface area contributed by atoms with Crippen LogP contribution >= 0.6 is 0 Å². The largest absolute Gasteiger partial charge is 0.495 e. The summed E-state index contributed by atoms with van der Waals surface area (Å²) in [5.74, 6) is 0.796. The highest BCUT2D eigenvalue weighted by molar-refractivity contribution is 5.85. The van der Waals surface area contributed by atoms with Crippen molar-refractivity contribution in [3.63, 3.8) is 0 Å². The molecule has 0 aliphatic heterocycles. The van der Waals surface area contributed by atoms with Crippen molar-refractivity contribution >= 4 is 23.4 Å². The number of nitrogens with one attached hydrogen (secondary N) is 1. The summed E-state index contributed by atoms with van der Waals surface area (Å²) in [5.41, 5.74) is 0.628. The molecule has 22 heavy (non-hydrogen) atoms. The first-order valence-electron chi connectivity index (χ1n) is 6.61. The molecule has 1 aromatic carbocycles. The number of ether oxygens (including phenoxy) is 1. The molecule has 0 saturated heterocycles. The van der Waals surface area contributed by atoms with Crippen LogP contribution in [0.2, 0.25) is 0 Å². The maximum atomic E-state index is 12.3. The summed E-state index contributed by atoms with van der Waals surface area (Å²) in [6.07, 6.45) is 2.08. The lowest BCUT2D eigenvalue weighted by molar-refractivity contribution is 0.112. The number of hydrogen-bond donors (Lipinski definition) is 1. The maximum Gasteiger partial charge on any atom is 0.270 e. The fraction of sp³-hybridized carbons (Fsp3) is 0.0625. The second-order valence-electron chi connectivity index (χ2n) is 4.55. The standard InChI is InChI=1S/C16H13N3O3/c1-22-13-7-3-2-6-12(13)17-15-11(10-20)16(21)19-9-5-4-8-14(19)18-15/h2-10,17H,1H3. The molecule has 0 bridgehead atoms. The number of benzene rings is 1. The zero-order valence-corrected chi connectivity index (χ0v) is 11.8. The smallest absolute Gasteiger partial charge is 0.270 e. The van der Waals surface area contributed by atoms with Gasteiger partial charge in [0.15, 0.2) is 6.29 Å². The Morgan fingerprint density at radius 3 is 2.73 bits per heavy atom. The van der Waals surface area contributed by atoms with Crippen LogP contribution in [0.4, 0.5) is 11.5 Å². The number of para-hydroxylation sites is 2. The molecule has 110 valence electrons. The predicted molar refractivity (Wildman–Crippen MR) is 83.1 cm³/mol. The van der Waals surface area contributed by atoms with Gasteiger partial charge in [-0.1, -0.05) is 18.2 Å². The van der Waals surface area contributed by atoms with Crippen molar-refractivity contribution in [2.45, 2.75) is 0 Å². The summed E-state index contributed by atoms with van der Waals surface area (Å²) in [5, 5.41) is 3.00. The molecule has 2 aromatic heterocycles. The Morgan fingerprint density at radius 1 is 1.18 bits per heavy atom. The topological polar surface area (TPSA) is 72.7 Å². The molecule has 0 atom stereocenters. The quantitative estimate of drug-likeness (QED) is 0.747. The molecule has 0 aliphatic carbocycles. The van der Waals surface area contributed by atoms with Crippen LogP contribution < -0.4 is 15.6 Å². The van der Waals surface area contributed by atoms with Crippen molar-refractivity contribution in [3.05, 3.63) is 64.6 Å². The second-order valence-corrected chi connectivity index (χ2v) is 4.55. The van der Waals surface area contributed by atoms with Crippen LogP contribution in [0, 0.1) is 0 Å². The van der Waals surface area contributed by atoms with E-state index in [0.29, 0.717) is 23.4 Å². The summed E-state index contributed by atoms with van der Waals surface area (Å²) >= 11 is 0. The second kappa shape index (κ2) is 5.69. The molecule has 0 radical (unpaired) electrons. The van der Waals surface area contributed by atoms with E-state index >= 15 is 0 Å². The van der Waals surface area contributed by atoms with Gasteiger partial charge in [-0.05, 0) is 24.3 Å². The van der Waals surface area contributed by atoms with Crippen LogP contribution in [0.25, 0.3) is 5.65 Å². The minimum atomic E-state index is -0.419. The third kappa shape index (κ3) is 2.31. The summed E-state index contributed by atoms with van der Waals surface area (Å²) < 4.78 is 6.58. The lowest BCUT2D eigenvalue weighted by Gasteiger charge is -2.12. The van der Waals surface area contributed by atoms with Crippen LogP contribution in [-0.2, 0) is 0 Å². The van der Waals surface area contributed by atoms with E-state index < -0.39 is 5.56 Å². The van der Waals surface area contributed by atoms with E-state index in [4.69, 9.17) is 4.74 Å². The van der Waals surface area contributed by atoms with Crippen LogP contribution in [-0.4, -0.2) is 22.8 Å². The summed E-state index contributed by atoms with van der Waals surface area (Å²) in [6, 6.07) is 12.4. The van der Waals surface area contributed by atoms with Gasteiger partial charge in [0.1, 0.15) is 22.8 Å². The van der Waals surface area contributed by atoms with E-state index in [2.05, 4.69) is 10.3 Å². The normalized spacial score (nSPS) is 10.4. The third-order valence-electron chi connectivity index (χ3n) is 3.25. The average Bonchev–Trinajstić information content (AvgIpc) is 2.56. The SMILES string of the molecule is COc1ccccc1Nc1nc2ccccn2c(=O)c1C=O. The molecule has 0 spiro atoms. The number of aldehydes is 1. The van der Waals surface area contributed by atoms with Crippen molar-refractivity contribution in [1.82, 2.24) is 9.38 Å². The Morgan fingerprint density at radius 2 is 1.95 bits per heavy atom. The monoisotopic (exact) mass is 295 g/mol. The van der Waals surface area contributed by atoms with Crippen LogP contribution in [0.1, 0.15) is 10.4 Å². The Labute approximate surface area is 126 Å². The predicted octanol–water partition coefficient (Wildman–Crippen LogP) is 2.26. The Kier molecular flexibility index (Phi) is 3.57. The minimum Gasteiger partial charge on any atom is -0.495 e. The van der Waals surface area contributed by atoms with Crippen LogP contribution in [0.3, 0.4) is 0 Å². The molecule has 3 aromatic rings. The molecule has 6 nitrogen and oxygen atoms in total. The van der Waals surface area contributed by atoms with E-state index in [1.165, 1.54) is 4.40 Å². The first-order valence-corrected chi connectivity index (χ1v) is 6.61. The number of aromatic nitrogens is 2. The van der Waals surface area contributed by atoms with Crippen molar-refractivity contribution < 1.29 is 9.53 Å². The van der Waals surface area contributed by atoms with Crippen LogP contribution in [0.15, 0.2) is 53.5 Å². The minimum absolute atomic E-state index is 0.0328. The fourth-order valence-corrected chi connectivity index (χ4v) is 2.18. The molecular formula is C16H13N3O3. The first-order chi connectivity index (χ1) is 10.7. The van der Waals surface area contributed by atoms with E-state index in [1.54, 1.807) is 43.6 Å². The first kappa shape index (κ1) is 13.8. The number of carbonyl (C=O) groups is 1. The molecule has 0 saturated carbocycles. The summed E-state index contributed by atoms with van der Waals surface area (Å²) in [7, 11) is 1.55. The van der Waals surface area contributed by atoms with E-state index in [9.17, 15) is 9.59 Å². The molecule has 3 rings (SSSR count). The van der Waals surface area contributed by atoms with Crippen molar-refractivity contribution in [2.24, 2.45) is 0 Å². The maximum absolute atomic E-state index is 12.3. The number of hydrogen-bond acceptors (Lipinski definition) is 5. The molecule has 0 unspecified atom stereocenters. The number of carbonyl (C=O) groups excluding carboxylic acids is 1. The van der Waals surface area contributed by atoms with E-state index in [1.807, 2.05) is 12.1 Å². The molecule has 1 N–H and O–H groups in total. The molecular weight excluding hydrogens is 282 g/mol. The van der Waals surface area contributed by atoms with Crippen molar-refractivity contribution in [2.75, 3.05) is 12.4 Å². The number of anilines is 2. The zero-order chi connectivity index (χ0) is 15.5. The van der Waals surface area contributed by atoms with Gasteiger partial charge < -0.3 is 10.1 Å². The van der Waals surface area contributed by atoms with Gasteiger partial charge in [0.25, 0.3) is 5.56 Å². The molecule has 0 amide bonds. The van der Waals surface area contributed by atoms with Gasteiger partial charge in [-0.15, -0.1) is 0 Å². The lowest BCUT2D eigenvalue weighted by atomic mass is 10.2. The van der Waals surface area contributed by atoms with E-state index in [0.717, 1.165) is 0 Å². The van der Waals surface area contributed by atoms with Gasteiger partial charge in [0.2, 0.25) is 0 Å². The highest BCUT2D eigenvalue weighted by Crippen LogP contribution is 2.26. The van der Waals surface area contributed by atoms with E-state index in [-0.39, 0.29) is 11.4 Å². The number of pyridine rings is 1. The van der Waals surface area contributed by atoms with Gasteiger partial charge in [0.05, 0.1) is 12.8 Å². The van der Waals surface area contributed by atoms with Gasteiger partial charge in [-0.2, -0.15) is 0 Å². The van der Waals surface area contributed by atoms with Gasteiger partial charge in [0, 0.05) is 6.20 Å². The molecule has 0 aliphatic rings. The summed E-state index contributed by atoms with van der Waals surface area (Å²) in [4.78, 5) is 28.0. The van der Waals surface area contributed by atoms with Gasteiger partial charge in [-0.25, -0.2) is 4.98 Å². The Hall–Kier alpha value is -3.15. The van der Waals surface area contributed by atoms with Gasteiger partial charge >= 0.3 is 0 Å². The van der Waals surface area contributed by atoms with Gasteiger partial charge in [-0.3, -0.25) is 14.0 Å². The Balaban J connectivity index is 2.18. The number of nitrogens with zero attached hydrogens (tertiary/aromatic N) is 2. The lowest BCUT2D eigenvalue weighted by Crippen LogP contribution is -2.21. The average molecular weight is 295 g/mol. The molecule has 2 heterocycles. The fourth-order valence-electron chi connectivity index (χ4n) is 2.18. The number of rotatable bonds is 4. The van der Waals surface area contributed by atoms with Crippen LogP contribution in [0.5, 0.6) is 5.75 Å². The molecule has 6 heteroatoms.